The van der Waals surface area contributed by atoms with Crippen LogP contribution in [0.4, 0.5) is 0 Å². The van der Waals surface area contributed by atoms with Gasteiger partial charge in [0.25, 0.3) is 6.29 Å². The second kappa shape index (κ2) is 8.53. The van der Waals surface area contributed by atoms with Gasteiger partial charge in [-0.1, -0.05) is 54.6 Å². The van der Waals surface area contributed by atoms with E-state index in [-0.39, 0.29) is 23.3 Å². The Morgan fingerprint density at radius 3 is 1.27 bits per heavy atom. The number of halogens is 1. The summed E-state index contributed by atoms with van der Waals surface area (Å²) in [4.78, 5) is 0. The molecule has 132 valence electrons. The van der Waals surface area contributed by atoms with Crippen molar-refractivity contribution in [2.24, 2.45) is 0 Å². The third kappa shape index (κ3) is 3.56. The van der Waals surface area contributed by atoms with Gasteiger partial charge in [-0.05, 0) is 36.4 Å². The summed E-state index contributed by atoms with van der Waals surface area (Å²) in [6.07, 6.45) is 3.83. The molecule has 0 spiro atoms. The van der Waals surface area contributed by atoms with Crippen molar-refractivity contribution in [3.63, 3.8) is 0 Å². The molecule has 0 bridgehead atoms. The molecule has 0 fully saturated rings. The molecular weight excluding hydrogens is 407 g/mol. The quantitative estimate of drug-likeness (QED) is 0.562. The maximum Gasteiger partial charge on any atom is 0.274 e. The fourth-order valence-corrected chi connectivity index (χ4v) is 7.58. The van der Waals surface area contributed by atoms with Crippen molar-refractivity contribution in [2.45, 2.75) is 6.29 Å². The maximum absolute atomic E-state index is 5.70. The molecule has 1 heterocycles. The third-order valence-electron chi connectivity index (χ3n) is 4.53. The minimum Gasteiger partial charge on any atom is -1.00 e. The predicted molar refractivity (Wildman–Crippen MR) is 105 cm³/mol. The summed E-state index contributed by atoms with van der Waals surface area (Å²) < 4.78 is 11.4. The summed E-state index contributed by atoms with van der Waals surface area (Å²) in [5.74, 6) is 0. The van der Waals surface area contributed by atoms with E-state index >= 15 is 0 Å². The van der Waals surface area contributed by atoms with E-state index in [1.165, 1.54) is 15.9 Å². The first kappa shape index (κ1) is 18.7. The Kier molecular flexibility index (Phi) is 6.13. The fraction of sp³-hybridized carbons (Fsp3) is 0.0909. The van der Waals surface area contributed by atoms with Crippen molar-refractivity contribution in [3.8, 4) is 0 Å². The first-order chi connectivity index (χ1) is 12.4. The zero-order valence-electron chi connectivity index (χ0n) is 14.2. The van der Waals surface area contributed by atoms with Crippen molar-refractivity contribution in [1.82, 2.24) is 0 Å². The lowest BCUT2D eigenvalue weighted by Gasteiger charge is -2.29. The van der Waals surface area contributed by atoms with Crippen LogP contribution in [0.5, 0.6) is 0 Å². The van der Waals surface area contributed by atoms with E-state index in [0.29, 0.717) is 0 Å². The first-order valence-corrected chi connectivity index (χ1v) is 10.4. The second-order valence-electron chi connectivity index (χ2n) is 5.97. The standard InChI is InChI=1S/C22H20O2P.BrH/c1-4-10-19(11-5-1)25(18-22-23-16-17-24-22,20-12-6-2-7-13-20)21-14-8-3-9-15-21;/h1-17,22H,18H2;1H/q+1;/p-1. The Hall–Kier alpha value is -2.09. The molecule has 3 aromatic carbocycles. The van der Waals surface area contributed by atoms with Gasteiger partial charge >= 0.3 is 0 Å². The molecule has 0 unspecified atom stereocenters. The van der Waals surface area contributed by atoms with Crippen molar-refractivity contribution in [1.29, 1.82) is 0 Å². The molecule has 2 nitrogen and oxygen atoms in total. The van der Waals surface area contributed by atoms with E-state index in [1.54, 1.807) is 12.5 Å². The Morgan fingerprint density at radius 2 is 0.923 bits per heavy atom. The molecule has 0 amide bonds. The highest BCUT2D eigenvalue weighted by atomic mass is 79.9. The van der Waals surface area contributed by atoms with E-state index < -0.39 is 7.26 Å². The van der Waals surface area contributed by atoms with Crippen molar-refractivity contribution in [3.05, 3.63) is 104 Å². The monoisotopic (exact) mass is 426 g/mol. The summed E-state index contributed by atoms with van der Waals surface area (Å²) >= 11 is 0. The zero-order valence-corrected chi connectivity index (χ0v) is 16.7. The maximum atomic E-state index is 5.70. The van der Waals surface area contributed by atoms with E-state index in [9.17, 15) is 0 Å². The normalized spacial score (nSPS) is 13.5. The molecule has 4 rings (SSSR count). The topological polar surface area (TPSA) is 18.5 Å². The number of ether oxygens (including phenoxy) is 2. The van der Waals surface area contributed by atoms with Gasteiger partial charge in [-0.25, -0.2) is 0 Å². The Labute approximate surface area is 165 Å². The lowest BCUT2D eigenvalue weighted by atomic mass is 10.4. The van der Waals surface area contributed by atoms with Crippen LogP contribution in [0, 0.1) is 0 Å². The van der Waals surface area contributed by atoms with Gasteiger partial charge in [0.15, 0.2) is 0 Å². The van der Waals surface area contributed by atoms with Gasteiger partial charge in [0.05, 0.1) is 0 Å². The van der Waals surface area contributed by atoms with Gasteiger partial charge in [0, 0.05) is 0 Å². The summed E-state index contributed by atoms with van der Waals surface area (Å²) in [6, 6.07) is 32.3. The third-order valence-corrected chi connectivity index (χ3v) is 8.92. The molecule has 0 radical (unpaired) electrons. The molecule has 0 saturated carbocycles. The molecular formula is C22H20BrO2P. The van der Waals surface area contributed by atoms with Crippen LogP contribution in [0.1, 0.15) is 0 Å². The van der Waals surface area contributed by atoms with Crippen LogP contribution in [0.15, 0.2) is 104 Å². The summed E-state index contributed by atoms with van der Waals surface area (Å²) in [7, 11) is -1.89. The SMILES string of the molecule is C1=COC(C[P+](c2ccccc2)(c2ccccc2)c2ccccc2)O1.[Br-]. The van der Waals surface area contributed by atoms with Gasteiger partial charge in [-0.15, -0.1) is 0 Å². The van der Waals surface area contributed by atoms with Gasteiger partial charge in [0.2, 0.25) is 0 Å². The highest BCUT2D eigenvalue weighted by molar-refractivity contribution is 7.95. The average Bonchev–Trinajstić information content (AvgIpc) is 3.21. The van der Waals surface area contributed by atoms with Crippen LogP contribution in [0.2, 0.25) is 0 Å². The molecule has 0 aromatic heterocycles. The van der Waals surface area contributed by atoms with Crippen LogP contribution in [-0.4, -0.2) is 12.5 Å². The minimum atomic E-state index is -1.89. The van der Waals surface area contributed by atoms with Crippen LogP contribution in [0.25, 0.3) is 0 Å². The highest BCUT2D eigenvalue weighted by Crippen LogP contribution is 2.56. The van der Waals surface area contributed by atoms with Crippen molar-refractivity contribution >= 4 is 23.2 Å². The summed E-state index contributed by atoms with van der Waals surface area (Å²) in [6.45, 7) is 0. The number of hydrogen-bond donors (Lipinski definition) is 0. The van der Waals surface area contributed by atoms with Gasteiger partial charge in [-0.3, -0.25) is 0 Å². The Morgan fingerprint density at radius 1 is 0.577 bits per heavy atom. The molecule has 26 heavy (non-hydrogen) atoms. The lowest BCUT2D eigenvalue weighted by Crippen LogP contribution is -3.00. The first-order valence-electron chi connectivity index (χ1n) is 8.40. The molecule has 0 aliphatic carbocycles. The smallest absolute Gasteiger partial charge is 0.274 e. The fourth-order valence-electron chi connectivity index (χ4n) is 3.39. The second-order valence-corrected chi connectivity index (χ2v) is 9.51. The molecule has 0 saturated heterocycles. The molecule has 0 N–H and O–H groups in total. The minimum absolute atomic E-state index is 0. The summed E-state index contributed by atoms with van der Waals surface area (Å²) in [5.41, 5.74) is 0. The van der Waals surface area contributed by atoms with Crippen LogP contribution in [-0.2, 0) is 9.47 Å². The van der Waals surface area contributed by atoms with Crippen LogP contribution < -0.4 is 32.9 Å². The van der Waals surface area contributed by atoms with E-state index in [1.807, 2.05) is 0 Å². The van der Waals surface area contributed by atoms with Crippen molar-refractivity contribution < 1.29 is 26.5 Å². The highest BCUT2D eigenvalue weighted by Gasteiger charge is 2.48. The number of rotatable bonds is 5. The Balaban J connectivity index is 0.00000196. The van der Waals surface area contributed by atoms with Gasteiger partial charge in [-0.2, -0.15) is 0 Å². The van der Waals surface area contributed by atoms with E-state index in [0.717, 1.165) is 6.16 Å². The lowest BCUT2D eigenvalue weighted by molar-refractivity contribution is -0.00251. The van der Waals surface area contributed by atoms with Gasteiger partial charge in [0.1, 0.15) is 41.9 Å². The van der Waals surface area contributed by atoms with Crippen LogP contribution >= 0.6 is 7.26 Å². The molecule has 1 aliphatic heterocycles. The number of hydrogen-bond acceptors (Lipinski definition) is 2. The molecule has 0 atom stereocenters. The number of benzene rings is 3. The van der Waals surface area contributed by atoms with Gasteiger partial charge < -0.3 is 26.5 Å². The average molecular weight is 427 g/mol. The van der Waals surface area contributed by atoms with Crippen LogP contribution in [0.3, 0.4) is 0 Å². The Bertz CT molecular complexity index is 733. The predicted octanol–water partition coefficient (Wildman–Crippen LogP) is 0.829. The van der Waals surface area contributed by atoms with E-state index in [4.69, 9.17) is 9.47 Å². The summed E-state index contributed by atoms with van der Waals surface area (Å²) in [5, 5.41) is 4.02. The van der Waals surface area contributed by atoms with Crippen molar-refractivity contribution in [2.75, 3.05) is 6.16 Å². The molecule has 1 aliphatic rings. The van der Waals surface area contributed by atoms with E-state index in [2.05, 4.69) is 91.0 Å². The molecule has 3 aromatic rings. The largest absolute Gasteiger partial charge is 1.00 e. The zero-order chi connectivity index (χ0) is 17.0. The molecule has 4 heteroatoms.